The second kappa shape index (κ2) is 5.35. The summed E-state index contributed by atoms with van der Waals surface area (Å²) in [6, 6.07) is -0.380. The zero-order valence-corrected chi connectivity index (χ0v) is 9.72. The van der Waals surface area contributed by atoms with Crippen LogP contribution in [-0.2, 0) is 9.53 Å². The van der Waals surface area contributed by atoms with Crippen LogP contribution in [0.5, 0.6) is 0 Å². The van der Waals surface area contributed by atoms with Crippen molar-refractivity contribution in [1.82, 2.24) is 10.2 Å². The van der Waals surface area contributed by atoms with Crippen LogP contribution >= 0.6 is 0 Å². The molecule has 2 aliphatic rings. The van der Waals surface area contributed by atoms with Crippen molar-refractivity contribution in [3.63, 3.8) is 0 Å². The molecular weight excluding hydrogens is 224 g/mol. The number of morpholine rings is 1. The van der Waals surface area contributed by atoms with E-state index < -0.39 is 5.97 Å². The molecule has 0 bridgehead atoms. The number of amides is 2. The van der Waals surface area contributed by atoms with Gasteiger partial charge in [0.2, 0.25) is 0 Å². The molecule has 1 saturated heterocycles. The van der Waals surface area contributed by atoms with Gasteiger partial charge in [0.05, 0.1) is 19.6 Å². The van der Waals surface area contributed by atoms with Gasteiger partial charge in [-0.25, -0.2) is 4.79 Å². The van der Waals surface area contributed by atoms with E-state index in [2.05, 4.69) is 5.32 Å². The molecule has 2 fully saturated rings. The van der Waals surface area contributed by atoms with E-state index in [0.717, 1.165) is 12.8 Å². The van der Waals surface area contributed by atoms with Crippen molar-refractivity contribution in [3.8, 4) is 0 Å². The van der Waals surface area contributed by atoms with Gasteiger partial charge in [-0.1, -0.05) is 0 Å². The molecule has 1 heterocycles. The third kappa shape index (κ3) is 3.59. The fraction of sp³-hybridized carbons (Fsp3) is 0.818. The Morgan fingerprint density at radius 2 is 2.00 bits per heavy atom. The Morgan fingerprint density at radius 3 is 2.53 bits per heavy atom. The number of carboxylic acid groups (broad SMARTS) is 1. The summed E-state index contributed by atoms with van der Waals surface area (Å²) in [5.41, 5.74) is 0. The molecule has 2 rings (SSSR count). The minimum Gasteiger partial charge on any atom is -0.481 e. The highest BCUT2D eigenvalue weighted by atomic mass is 16.5. The molecule has 0 spiro atoms. The number of hydrogen-bond donors (Lipinski definition) is 2. The van der Waals surface area contributed by atoms with E-state index in [9.17, 15) is 9.59 Å². The summed E-state index contributed by atoms with van der Waals surface area (Å²) in [6.45, 7) is 2.27. The van der Waals surface area contributed by atoms with E-state index in [1.54, 1.807) is 4.90 Å². The maximum Gasteiger partial charge on any atom is 0.317 e. The number of rotatable bonds is 4. The van der Waals surface area contributed by atoms with Crippen LogP contribution in [0.25, 0.3) is 0 Å². The molecule has 1 unspecified atom stereocenters. The van der Waals surface area contributed by atoms with E-state index in [-0.39, 0.29) is 18.5 Å². The van der Waals surface area contributed by atoms with Crippen molar-refractivity contribution in [2.24, 2.45) is 5.92 Å². The smallest absolute Gasteiger partial charge is 0.317 e. The molecule has 6 nitrogen and oxygen atoms in total. The Hall–Kier alpha value is -1.30. The monoisotopic (exact) mass is 242 g/mol. The predicted octanol–water partition coefficient (Wildman–Crippen LogP) is 0.281. The standard InChI is InChI=1S/C11H18N2O4/c14-10(15)7-9(8-1-2-8)12-11(16)13-3-5-17-6-4-13/h8-9H,1-7H2,(H,12,16)(H,14,15). The molecule has 1 aliphatic heterocycles. The molecule has 0 aromatic heterocycles. The molecule has 17 heavy (non-hydrogen) atoms. The third-order valence-electron chi connectivity index (χ3n) is 3.19. The van der Waals surface area contributed by atoms with Gasteiger partial charge in [-0.15, -0.1) is 0 Å². The SMILES string of the molecule is O=C(O)CC(NC(=O)N1CCOCC1)C1CC1. The molecule has 0 aromatic carbocycles. The number of ether oxygens (including phenoxy) is 1. The fourth-order valence-electron chi connectivity index (χ4n) is 2.04. The highest BCUT2D eigenvalue weighted by Gasteiger charge is 2.34. The lowest BCUT2D eigenvalue weighted by atomic mass is 10.1. The summed E-state index contributed by atoms with van der Waals surface area (Å²) in [7, 11) is 0. The zero-order chi connectivity index (χ0) is 12.3. The van der Waals surface area contributed by atoms with Crippen molar-refractivity contribution in [3.05, 3.63) is 0 Å². The molecule has 1 aliphatic carbocycles. The van der Waals surface area contributed by atoms with E-state index in [1.807, 2.05) is 0 Å². The lowest BCUT2D eigenvalue weighted by Crippen LogP contribution is -2.50. The van der Waals surface area contributed by atoms with E-state index >= 15 is 0 Å². The molecule has 6 heteroatoms. The highest BCUT2D eigenvalue weighted by molar-refractivity contribution is 5.76. The van der Waals surface area contributed by atoms with Crippen molar-refractivity contribution in [2.45, 2.75) is 25.3 Å². The van der Waals surface area contributed by atoms with Gasteiger partial charge in [0, 0.05) is 19.1 Å². The molecular formula is C11H18N2O4. The van der Waals surface area contributed by atoms with Gasteiger partial charge in [0.25, 0.3) is 0 Å². The quantitative estimate of drug-likeness (QED) is 0.742. The summed E-state index contributed by atoms with van der Waals surface area (Å²) >= 11 is 0. The lowest BCUT2D eigenvalue weighted by molar-refractivity contribution is -0.137. The van der Waals surface area contributed by atoms with Crippen LogP contribution in [-0.4, -0.2) is 54.4 Å². The number of aliphatic carboxylic acids is 1. The topological polar surface area (TPSA) is 78.9 Å². The molecule has 2 amide bonds. The van der Waals surface area contributed by atoms with Crippen LogP contribution in [0.1, 0.15) is 19.3 Å². The first-order chi connectivity index (χ1) is 8.16. The van der Waals surface area contributed by atoms with E-state index in [0.29, 0.717) is 32.2 Å². The predicted molar refractivity (Wildman–Crippen MR) is 59.7 cm³/mol. The minimum atomic E-state index is -0.857. The maximum atomic E-state index is 11.9. The molecule has 1 saturated carbocycles. The number of hydrogen-bond acceptors (Lipinski definition) is 3. The van der Waals surface area contributed by atoms with Crippen LogP contribution < -0.4 is 5.32 Å². The molecule has 2 N–H and O–H groups in total. The van der Waals surface area contributed by atoms with Crippen molar-refractivity contribution >= 4 is 12.0 Å². The summed E-state index contributed by atoms with van der Waals surface area (Å²) < 4.78 is 5.16. The first-order valence-corrected chi connectivity index (χ1v) is 6.02. The van der Waals surface area contributed by atoms with Gasteiger partial charge in [-0.05, 0) is 18.8 Å². The fourth-order valence-corrected chi connectivity index (χ4v) is 2.04. The van der Waals surface area contributed by atoms with E-state index in [4.69, 9.17) is 9.84 Å². The van der Waals surface area contributed by atoms with Crippen LogP contribution in [0.4, 0.5) is 4.79 Å². The van der Waals surface area contributed by atoms with Gasteiger partial charge < -0.3 is 20.1 Å². The lowest BCUT2D eigenvalue weighted by Gasteiger charge is -2.29. The number of urea groups is 1. The Balaban J connectivity index is 1.83. The largest absolute Gasteiger partial charge is 0.481 e. The highest BCUT2D eigenvalue weighted by Crippen LogP contribution is 2.34. The van der Waals surface area contributed by atoms with Crippen molar-refractivity contribution < 1.29 is 19.4 Å². The molecule has 1 atom stereocenters. The van der Waals surface area contributed by atoms with Gasteiger partial charge in [-0.3, -0.25) is 4.79 Å². The second-order valence-corrected chi connectivity index (χ2v) is 4.59. The Kier molecular flexibility index (Phi) is 3.83. The summed E-state index contributed by atoms with van der Waals surface area (Å²) in [5.74, 6) is -0.514. The number of carbonyl (C=O) groups excluding carboxylic acids is 1. The summed E-state index contributed by atoms with van der Waals surface area (Å²) in [5, 5.41) is 11.6. The molecule has 96 valence electrons. The number of nitrogens with one attached hydrogen (secondary N) is 1. The zero-order valence-electron chi connectivity index (χ0n) is 9.72. The first kappa shape index (κ1) is 12.2. The summed E-state index contributed by atoms with van der Waals surface area (Å²) in [6.07, 6.45) is 2.05. The van der Waals surface area contributed by atoms with Gasteiger partial charge >= 0.3 is 12.0 Å². The number of nitrogens with zero attached hydrogens (tertiary/aromatic N) is 1. The third-order valence-corrected chi connectivity index (χ3v) is 3.19. The Morgan fingerprint density at radius 1 is 1.35 bits per heavy atom. The average Bonchev–Trinajstić information content (AvgIpc) is 3.12. The minimum absolute atomic E-state index is 0.0146. The summed E-state index contributed by atoms with van der Waals surface area (Å²) in [4.78, 5) is 24.3. The normalized spacial score (nSPS) is 22.0. The van der Waals surface area contributed by atoms with Crippen LogP contribution in [0.3, 0.4) is 0 Å². The average molecular weight is 242 g/mol. The van der Waals surface area contributed by atoms with Gasteiger partial charge in [0.1, 0.15) is 0 Å². The van der Waals surface area contributed by atoms with Gasteiger partial charge in [-0.2, -0.15) is 0 Å². The van der Waals surface area contributed by atoms with Crippen LogP contribution in [0, 0.1) is 5.92 Å². The van der Waals surface area contributed by atoms with E-state index in [1.165, 1.54) is 0 Å². The molecule has 0 radical (unpaired) electrons. The molecule has 0 aromatic rings. The van der Waals surface area contributed by atoms with Crippen molar-refractivity contribution in [1.29, 1.82) is 0 Å². The van der Waals surface area contributed by atoms with Crippen LogP contribution in [0.2, 0.25) is 0 Å². The Labute approximate surface area is 99.9 Å². The second-order valence-electron chi connectivity index (χ2n) is 4.59. The van der Waals surface area contributed by atoms with Crippen molar-refractivity contribution in [2.75, 3.05) is 26.3 Å². The van der Waals surface area contributed by atoms with Gasteiger partial charge in [0.15, 0.2) is 0 Å². The number of carbonyl (C=O) groups is 2. The number of carboxylic acids is 1. The maximum absolute atomic E-state index is 11.9. The Bertz CT molecular complexity index is 298. The first-order valence-electron chi connectivity index (χ1n) is 6.02. The van der Waals surface area contributed by atoms with Crippen LogP contribution in [0.15, 0.2) is 0 Å².